The molecule has 6 nitrogen and oxygen atoms in total. The number of para-hydroxylation sites is 2. The average molecular weight is 386 g/mol. The monoisotopic (exact) mass is 385 g/mol. The maximum Gasteiger partial charge on any atom is 0.265 e. The number of ether oxygens (including phenoxy) is 1. The predicted molar refractivity (Wildman–Crippen MR) is 102 cm³/mol. The number of carbonyl (C=O) groups excluding carboxylic acids is 2. The molecule has 0 aliphatic carbocycles. The van der Waals surface area contributed by atoms with Crippen LogP contribution >= 0.6 is 11.6 Å². The van der Waals surface area contributed by atoms with E-state index in [0.29, 0.717) is 22.2 Å². The zero-order valence-corrected chi connectivity index (χ0v) is 15.6. The summed E-state index contributed by atoms with van der Waals surface area (Å²) in [6.07, 6.45) is 3.90. The van der Waals surface area contributed by atoms with E-state index < -0.39 is 6.10 Å². The molecule has 0 radical (unpaired) electrons. The van der Waals surface area contributed by atoms with Gasteiger partial charge in [0.15, 0.2) is 6.10 Å². The van der Waals surface area contributed by atoms with Crippen molar-refractivity contribution in [1.29, 1.82) is 0 Å². The van der Waals surface area contributed by atoms with E-state index >= 15 is 0 Å². The highest BCUT2D eigenvalue weighted by Crippen LogP contribution is 2.34. The maximum atomic E-state index is 13.1. The van der Waals surface area contributed by atoms with Gasteiger partial charge in [0.1, 0.15) is 10.9 Å². The van der Waals surface area contributed by atoms with Crippen LogP contribution in [0.2, 0.25) is 5.15 Å². The Bertz CT molecular complexity index is 850. The molecule has 0 unspecified atom stereocenters. The van der Waals surface area contributed by atoms with Crippen molar-refractivity contribution in [2.45, 2.75) is 25.4 Å². The maximum absolute atomic E-state index is 13.1. The highest BCUT2D eigenvalue weighted by molar-refractivity contribution is 6.29. The third-order valence-corrected chi connectivity index (χ3v) is 5.16. The number of halogens is 1. The summed E-state index contributed by atoms with van der Waals surface area (Å²) in [7, 11) is 0. The van der Waals surface area contributed by atoms with Gasteiger partial charge in [-0.25, -0.2) is 4.98 Å². The van der Waals surface area contributed by atoms with Gasteiger partial charge < -0.3 is 14.5 Å². The first-order chi connectivity index (χ1) is 13.1. The molecule has 1 atom stereocenters. The average Bonchev–Trinajstić information content (AvgIpc) is 2.73. The van der Waals surface area contributed by atoms with Crippen LogP contribution in [0.1, 0.15) is 29.6 Å². The topological polar surface area (TPSA) is 62.7 Å². The number of likely N-dealkylation sites (tertiary alicyclic amines) is 1. The van der Waals surface area contributed by atoms with E-state index in [9.17, 15) is 9.59 Å². The number of hydrogen-bond donors (Lipinski definition) is 0. The highest BCUT2D eigenvalue weighted by atomic mass is 35.5. The summed E-state index contributed by atoms with van der Waals surface area (Å²) in [5, 5.41) is 0.326. The molecule has 0 spiro atoms. The molecule has 0 N–H and O–H groups in total. The van der Waals surface area contributed by atoms with Crippen LogP contribution in [0.4, 0.5) is 5.69 Å². The minimum atomic E-state index is -0.706. The molecule has 1 fully saturated rings. The van der Waals surface area contributed by atoms with Crippen LogP contribution in [0, 0.1) is 0 Å². The molecule has 1 aromatic carbocycles. The van der Waals surface area contributed by atoms with Gasteiger partial charge in [-0.15, -0.1) is 0 Å². The Kier molecular flexibility index (Phi) is 4.99. The second-order valence-electron chi connectivity index (χ2n) is 6.75. The Labute approximate surface area is 162 Å². The van der Waals surface area contributed by atoms with Crippen LogP contribution in [0.15, 0.2) is 42.6 Å². The Morgan fingerprint density at radius 2 is 1.85 bits per heavy atom. The second kappa shape index (κ2) is 7.56. The van der Waals surface area contributed by atoms with Crippen LogP contribution < -0.4 is 9.64 Å². The molecule has 2 aliphatic rings. The Morgan fingerprint density at radius 1 is 1.07 bits per heavy atom. The number of aromatic nitrogens is 1. The summed E-state index contributed by atoms with van der Waals surface area (Å²) in [6, 6.07) is 10.5. The molecule has 2 aromatic rings. The lowest BCUT2D eigenvalue weighted by Crippen LogP contribution is -2.52. The Balaban J connectivity index is 1.62. The molecule has 2 aliphatic heterocycles. The van der Waals surface area contributed by atoms with Crippen molar-refractivity contribution >= 4 is 29.1 Å². The van der Waals surface area contributed by atoms with Crippen molar-refractivity contribution in [2.75, 3.05) is 24.5 Å². The van der Waals surface area contributed by atoms with Crippen LogP contribution in [0.5, 0.6) is 5.75 Å². The van der Waals surface area contributed by atoms with Gasteiger partial charge >= 0.3 is 0 Å². The van der Waals surface area contributed by atoms with Gasteiger partial charge in [0.2, 0.25) is 0 Å². The number of fused-ring (bicyclic) bond motifs is 1. The fourth-order valence-electron chi connectivity index (χ4n) is 3.53. The van der Waals surface area contributed by atoms with Crippen LogP contribution in [-0.2, 0) is 4.79 Å². The summed E-state index contributed by atoms with van der Waals surface area (Å²) >= 11 is 5.83. The van der Waals surface area contributed by atoms with Gasteiger partial charge in [-0.3, -0.25) is 9.59 Å². The fraction of sp³-hybridized carbons (Fsp3) is 0.350. The van der Waals surface area contributed by atoms with E-state index in [1.165, 1.54) is 6.20 Å². The van der Waals surface area contributed by atoms with Crippen LogP contribution in [0.25, 0.3) is 0 Å². The third kappa shape index (κ3) is 3.62. The number of rotatable bonds is 2. The lowest BCUT2D eigenvalue weighted by Gasteiger charge is -2.37. The molecule has 0 saturated carbocycles. The number of amides is 2. The highest BCUT2D eigenvalue weighted by Gasteiger charge is 2.36. The van der Waals surface area contributed by atoms with Crippen LogP contribution in [0.3, 0.4) is 0 Å². The van der Waals surface area contributed by atoms with E-state index in [1.807, 2.05) is 23.1 Å². The SMILES string of the molecule is O=C([C@@H]1CN(C(=O)c2ccc(Cl)nc2)c2ccccc2O1)N1CCCCC1. The van der Waals surface area contributed by atoms with Crippen molar-refractivity contribution in [3.05, 3.63) is 53.3 Å². The molecule has 1 aromatic heterocycles. The lowest BCUT2D eigenvalue weighted by molar-refractivity contribution is -0.139. The zero-order valence-electron chi connectivity index (χ0n) is 14.8. The standard InChI is InChI=1S/C20H20ClN3O3/c21-18-9-8-14(12-22-18)19(25)24-13-17(20(26)23-10-4-1-5-11-23)27-16-7-3-2-6-15(16)24/h2-3,6-9,12,17H,1,4-5,10-11,13H2/t17-/m0/s1. The molecular weight excluding hydrogens is 366 g/mol. The van der Waals surface area contributed by atoms with Gasteiger partial charge in [-0.2, -0.15) is 0 Å². The fourth-order valence-corrected chi connectivity index (χ4v) is 3.64. The minimum absolute atomic E-state index is 0.0590. The molecule has 140 valence electrons. The molecule has 4 rings (SSSR count). The van der Waals surface area contributed by atoms with Crippen molar-refractivity contribution in [2.24, 2.45) is 0 Å². The summed E-state index contributed by atoms with van der Waals surface area (Å²) in [4.78, 5) is 33.5. The van der Waals surface area contributed by atoms with E-state index in [1.54, 1.807) is 23.1 Å². The number of pyridine rings is 1. The normalized spacial score (nSPS) is 19.2. The van der Waals surface area contributed by atoms with Gasteiger partial charge in [0, 0.05) is 19.3 Å². The number of piperidine rings is 1. The Morgan fingerprint density at radius 3 is 2.59 bits per heavy atom. The number of anilines is 1. The van der Waals surface area contributed by atoms with Crippen molar-refractivity contribution in [3.63, 3.8) is 0 Å². The van der Waals surface area contributed by atoms with E-state index in [-0.39, 0.29) is 18.4 Å². The van der Waals surface area contributed by atoms with Crippen molar-refractivity contribution < 1.29 is 14.3 Å². The number of carbonyl (C=O) groups is 2. The molecule has 3 heterocycles. The number of nitrogens with zero attached hydrogens (tertiary/aromatic N) is 3. The molecule has 2 amide bonds. The summed E-state index contributed by atoms with van der Waals surface area (Å²) in [5.41, 5.74) is 1.07. The molecule has 7 heteroatoms. The summed E-state index contributed by atoms with van der Waals surface area (Å²) < 4.78 is 5.96. The number of hydrogen-bond acceptors (Lipinski definition) is 4. The first-order valence-electron chi connectivity index (χ1n) is 9.11. The summed E-state index contributed by atoms with van der Waals surface area (Å²) in [5.74, 6) is 0.247. The van der Waals surface area contributed by atoms with Gasteiger partial charge in [-0.05, 0) is 43.5 Å². The van der Waals surface area contributed by atoms with Gasteiger partial charge in [0.25, 0.3) is 11.8 Å². The largest absolute Gasteiger partial charge is 0.476 e. The van der Waals surface area contributed by atoms with E-state index in [4.69, 9.17) is 16.3 Å². The molecular formula is C20H20ClN3O3. The van der Waals surface area contributed by atoms with Gasteiger partial charge in [-0.1, -0.05) is 23.7 Å². The minimum Gasteiger partial charge on any atom is -0.476 e. The smallest absolute Gasteiger partial charge is 0.265 e. The zero-order chi connectivity index (χ0) is 18.8. The van der Waals surface area contributed by atoms with Gasteiger partial charge in [0.05, 0.1) is 17.8 Å². The molecule has 1 saturated heterocycles. The summed E-state index contributed by atoms with van der Waals surface area (Å²) in [6.45, 7) is 1.67. The molecule has 27 heavy (non-hydrogen) atoms. The Hall–Kier alpha value is -2.60. The first-order valence-corrected chi connectivity index (χ1v) is 9.49. The van der Waals surface area contributed by atoms with Crippen molar-refractivity contribution in [1.82, 2.24) is 9.88 Å². The quantitative estimate of drug-likeness (QED) is 0.745. The second-order valence-corrected chi connectivity index (χ2v) is 7.13. The number of benzene rings is 1. The predicted octanol–water partition coefficient (Wildman–Crippen LogP) is 3.16. The molecule has 0 bridgehead atoms. The third-order valence-electron chi connectivity index (χ3n) is 4.94. The van der Waals surface area contributed by atoms with E-state index in [0.717, 1.165) is 32.4 Å². The van der Waals surface area contributed by atoms with Crippen molar-refractivity contribution in [3.8, 4) is 5.75 Å². The lowest BCUT2D eigenvalue weighted by atomic mass is 10.1. The first kappa shape index (κ1) is 17.8. The van der Waals surface area contributed by atoms with Crippen LogP contribution in [-0.4, -0.2) is 47.4 Å². The van der Waals surface area contributed by atoms with E-state index in [2.05, 4.69) is 4.98 Å².